The highest BCUT2D eigenvalue weighted by Crippen LogP contribution is 2.33. The number of nitrogens with zero attached hydrogens (tertiary/aromatic N) is 3. The Kier molecular flexibility index (Phi) is 3.41. The number of ether oxygens (including phenoxy) is 2. The van der Waals surface area contributed by atoms with Crippen LogP contribution in [0.25, 0.3) is 11.0 Å². The molecule has 0 unspecified atom stereocenters. The van der Waals surface area contributed by atoms with Crippen LogP contribution in [0.5, 0.6) is 5.88 Å². The summed E-state index contributed by atoms with van der Waals surface area (Å²) in [5.74, 6) is 0.328. The van der Waals surface area contributed by atoms with Crippen molar-refractivity contribution in [3.05, 3.63) is 12.3 Å². The van der Waals surface area contributed by atoms with Crippen molar-refractivity contribution in [3.63, 3.8) is 0 Å². The first-order chi connectivity index (χ1) is 10.1. The van der Waals surface area contributed by atoms with E-state index >= 15 is 0 Å². The fourth-order valence-electron chi connectivity index (χ4n) is 2.49. The maximum atomic E-state index is 10.1. The second kappa shape index (κ2) is 5.11. The molecule has 0 bridgehead atoms. The van der Waals surface area contributed by atoms with E-state index in [2.05, 4.69) is 9.97 Å². The van der Waals surface area contributed by atoms with Crippen LogP contribution in [0, 0.1) is 0 Å². The molecule has 2 aromatic rings. The molecule has 0 amide bonds. The first-order valence-electron chi connectivity index (χ1n) is 6.37. The predicted molar refractivity (Wildman–Crippen MR) is 71.5 cm³/mol. The van der Waals surface area contributed by atoms with Gasteiger partial charge in [0.05, 0.1) is 19.1 Å². The average molecular weight is 296 g/mol. The lowest BCUT2D eigenvalue weighted by molar-refractivity contribution is -0.0508. The number of nitrogen functional groups attached to an aromatic ring is 1. The van der Waals surface area contributed by atoms with Gasteiger partial charge in [-0.3, -0.25) is 0 Å². The molecule has 21 heavy (non-hydrogen) atoms. The van der Waals surface area contributed by atoms with E-state index < -0.39 is 31.1 Å². The van der Waals surface area contributed by atoms with E-state index in [1.807, 2.05) is 0 Å². The third-order valence-corrected chi connectivity index (χ3v) is 3.54. The highest BCUT2D eigenvalue weighted by molar-refractivity contribution is 5.82. The van der Waals surface area contributed by atoms with E-state index in [1.54, 1.807) is 12.3 Å². The zero-order chi connectivity index (χ0) is 15.1. The molecule has 0 spiro atoms. The topological polar surface area (TPSA) is 136 Å². The molecule has 1 fully saturated rings. The summed E-state index contributed by atoms with van der Waals surface area (Å²) in [4.78, 5) is 8.08. The largest absolute Gasteiger partial charge is 0.480 e. The van der Waals surface area contributed by atoms with E-state index in [0.717, 1.165) is 0 Å². The van der Waals surface area contributed by atoms with E-state index in [4.69, 9.17) is 20.3 Å². The Hall–Kier alpha value is -1.94. The van der Waals surface area contributed by atoms with Crippen LogP contribution in [0.15, 0.2) is 12.3 Å². The van der Waals surface area contributed by atoms with Gasteiger partial charge < -0.3 is 35.1 Å². The number of hydrogen-bond acceptors (Lipinski definition) is 8. The third-order valence-electron chi connectivity index (χ3n) is 3.54. The van der Waals surface area contributed by atoms with Gasteiger partial charge >= 0.3 is 0 Å². The number of nitrogens with two attached hydrogens (primary N) is 1. The smallest absolute Gasteiger partial charge is 0.227 e. The van der Waals surface area contributed by atoms with Crippen LogP contribution in [0.3, 0.4) is 0 Å². The molecule has 114 valence electrons. The molecule has 3 rings (SSSR count). The van der Waals surface area contributed by atoms with Crippen molar-refractivity contribution in [3.8, 4) is 5.88 Å². The Balaban J connectivity index is 2.07. The molecule has 2 aromatic heterocycles. The molecule has 0 aromatic carbocycles. The van der Waals surface area contributed by atoms with Crippen LogP contribution in [0.1, 0.15) is 6.23 Å². The maximum absolute atomic E-state index is 10.1. The Labute approximate surface area is 119 Å². The third kappa shape index (κ3) is 2.10. The quantitative estimate of drug-likeness (QED) is 0.545. The summed E-state index contributed by atoms with van der Waals surface area (Å²) in [6.45, 7) is -0.394. The standard InChI is InChI=1S/C12H16N4O5/c1-20-10-5-2-3-16(9(5)14-12(13)15-10)11-8(19)7(18)6(4-17)21-11/h2-3,6-8,11,17-19H,4H2,1H3,(H2,13,14,15)/t6-,7-,8-,11-/m1/s1. The maximum Gasteiger partial charge on any atom is 0.227 e. The summed E-state index contributed by atoms with van der Waals surface area (Å²) >= 11 is 0. The van der Waals surface area contributed by atoms with Crippen molar-refractivity contribution in [1.82, 2.24) is 14.5 Å². The molecule has 5 N–H and O–H groups in total. The van der Waals surface area contributed by atoms with Gasteiger partial charge in [-0.15, -0.1) is 0 Å². The second-order valence-electron chi connectivity index (χ2n) is 4.78. The van der Waals surface area contributed by atoms with Crippen LogP contribution in [0.2, 0.25) is 0 Å². The van der Waals surface area contributed by atoms with Crippen molar-refractivity contribution in [2.75, 3.05) is 19.5 Å². The number of hydrogen-bond donors (Lipinski definition) is 4. The van der Waals surface area contributed by atoms with Crippen molar-refractivity contribution < 1.29 is 24.8 Å². The molecule has 0 radical (unpaired) electrons. The van der Waals surface area contributed by atoms with E-state index in [-0.39, 0.29) is 5.95 Å². The molecule has 4 atom stereocenters. The molecule has 1 aliphatic heterocycles. The molecule has 9 heteroatoms. The van der Waals surface area contributed by atoms with Crippen molar-refractivity contribution in [2.45, 2.75) is 24.5 Å². The zero-order valence-corrected chi connectivity index (χ0v) is 11.2. The Morgan fingerprint density at radius 2 is 2.14 bits per heavy atom. The minimum absolute atomic E-state index is 0.0195. The molecule has 1 saturated heterocycles. The van der Waals surface area contributed by atoms with E-state index in [1.165, 1.54) is 11.7 Å². The lowest BCUT2D eigenvalue weighted by Crippen LogP contribution is -2.33. The van der Waals surface area contributed by atoms with Gasteiger partial charge in [-0.2, -0.15) is 9.97 Å². The number of methoxy groups -OCH3 is 1. The van der Waals surface area contributed by atoms with Crippen LogP contribution in [0.4, 0.5) is 5.95 Å². The summed E-state index contributed by atoms with van der Waals surface area (Å²) in [5.41, 5.74) is 6.05. The molecule has 0 saturated carbocycles. The molecule has 9 nitrogen and oxygen atoms in total. The molecule has 1 aliphatic rings. The zero-order valence-electron chi connectivity index (χ0n) is 11.2. The molecular weight excluding hydrogens is 280 g/mol. The Morgan fingerprint density at radius 1 is 1.38 bits per heavy atom. The summed E-state index contributed by atoms with van der Waals surface area (Å²) in [5, 5.41) is 29.6. The van der Waals surface area contributed by atoms with Crippen molar-refractivity contribution >= 4 is 17.0 Å². The van der Waals surface area contributed by atoms with Crippen molar-refractivity contribution in [2.24, 2.45) is 0 Å². The van der Waals surface area contributed by atoms with Crippen LogP contribution in [-0.2, 0) is 4.74 Å². The molecule has 0 aliphatic carbocycles. The highest BCUT2D eigenvalue weighted by atomic mass is 16.6. The number of aliphatic hydroxyl groups is 3. The molecule has 3 heterocycles. The minimum atomic E-state index is -1.19. The van der Waals surface area contributed by atoms with Gasteiger partial charge in [0.1, 0.15) is 18.3 Å². The number of rotatable bonds is 3. The van der Waals surface area contributed by atoms with Crippen LogP contribution in [-0.4, -0.2) is 61.9 Å². The van der Waals surface area contributed by atoms with Gasteiger partial charge in [0, 0.05) is 6.20 Å². The lowest BCUT2D eigenvalue weighted by Gasteiger charge is -2.17. The first-order valence-corrected chi connectivity index (χ1v) is 6.37. The monoisotopic (exact) mass is 296 g/mol. The lowest BCUT2D eigenvalue weighted by atomic mass is 10.1. The SMILES string of the molecule is COc1nc(N)nc2c1ccn2[C@@H]1O[C@H](CO)[C@@H](O)[C@H]1O. The Bertz CT molecular complexity index is 660. The fraction of sp³-hybridized carbons (Fsp3) is 0.500. The summed E-state index contributed by atoms with van der Waals surface area (Å²) < 4.78 is 12.1. The van der Waals surface area contributed by atoms with E-state index in [9.17, 15) is 10.2 Å². The molecular formula is C12H16N4O5. The van der Waals surface area contributed by atoms with Gasteiger partial charge in [0.2, 0.25) is 11.8 Å². The minimum Gasteiger partial charge on any atom is -0.480 e. The number of aromatic nitrogens is 3. The number of anilines is 1. The number of fused-ring (bicyclic) bond motifs is 1. The van der Waals surface area contributed by atoms with Gasteiger partial charge in [-0.1, -0.05) is 0 Å². The van der Waals surface area contributed by atoms with Gasteiger partial charge in [-0.05, 0) is 6.07 Å². The predicted octanol–water partition coefficient (Wildman–Crippen LogP) is -1.37. The fourth-order valence-corrected chi connectivity index (χ4v) is 2.49. The second-order valence-corrected chi connectivity index (χ2v) is 4.78. The summed E-state index contributed by atoms with van der Waals surface area (Å²) in [6.07, 6.45) is -2.49. The number of aliphatic hydroxyl groups excluding tert-OH is 3. The summed E-state index contributed by atoms with van der Waals surface area (Å²) in [6, 6.07) is 1.70. The highest BCUT2D eigenvalue weighted by Gasteiger charge is 2.43. The average Bonchev–Trinajstić information content (AvgIpc) is 3.01. The summed E-state index contributed by atoms with van der Waals surface area (Å²) in [7, 11) is 1.46. The van der Waals surface area contributed by atoms with Gasteiger partial charge in [0.25, 0.3) is 0 Å². The van der Waals surface area contributed by atoms with Crippen molar-refractivity contribution in [1.29, 1.82) is 0 Å². The normalized spacial score (nSPS) is 29.1. The van der Waals surface area contributed by atoms with Gasteiger partial charge in [0.15, 0.2) is 11.9 Å². The van der Waals surface area contributed by atoms with Crippen LogP contribution >= 0.6 is 0 Å². The van der Waals surface area contributed by atoms with Crippen LogP contribution < -0.4 is 10.5 Å². The Morgan fingerprint density at radius 3 is 2.76 bits per heavy atom. The van der Waals surface area contributed by atoms with Gasteiger partial charge in [-0.25, -0.2) is 0 Å². The van der Waals surface area contributed by atoms with E-state index in [0.29, 0.717) is 16.9 Å². The first kappa shape index (κ1) is 14.0.